The molecule has 2 rings (SSSR count). The van der Waals surface area contributed by atoms with E-state index in [-0.39, 0.29) is 6.04 Å². The molecule has 0 aromatic carbocycles. The summed E-state index contributed by atoms with van der Waals surface area (Å²) in [5.41, 5.74) is 2.23. The molecule has 3 nitrogen and oxygen atoms in total. The predicted octanol–water partition coefficient (Wildman–Crippen LogP) is 3.16. The summed E-state index contributed by atoms with van der Waals surface area (Å²) < 4.78 is 5.32. The van der Waals surface area contributed by atoms with Gasteiger partial charge < -0.3 is 9.73 Å². The molecule has 1 unspecified atom stereocenters. The third kappa shape index (κ3) is 2.18. The molecule has 0 saturated carbocycles. The molecule has 1 N–H and O–H groups in total. The van der Waals surface area contributed by atoms with Crippen LogP contribution in [-0.4, -0.2) is 4.98 Å². The zero-order chi connectivity index (χ0) is 10.7. The minimum absolute atomic E-state index is 0.155. The van der Waals surface area contributed by atoms with E-state index in [1.807, 2.05) is 24.4 Å². The van der Waals surface area contributed by atoms with E-state index in [4.69, 9.17) is 4.42 Å². The summed E-state index contributed by atoms with van der Waals surface area (Å²) in [6.45, 7) is 4.12. The van der Waals surface area contributed by atoms with Crippen LogP contribution < -0.4 is 5.32 Å². The van der Waals surface area contributed by atoms with Crippen LogP contribution in [0.25, 0.3) is 0 Å². The Morgan fingerprint density at radius 1 is 1.40 bits per heavy atom. The van der Waals surface area contributed by atoms with Crippen molar-refractivity contribution in [2.75, 3.05) is 5.32 Å². The van der Waals surface area contributed by atoms with E-state index >= 15 is 0 Å². The van der Waals surface area contributed by atoms with Gasteiger partial charge in [0.1, 0.15) is 5.76 Å². The number of pyridine rings is 1. The quantitative estimate of drug-likeness (QED) is 0.830. The molecule has 0 aliphatic heterocycles. The molecule has 0 spiro atoms. The van der Waals surface area contributed by atoms with E-state index in [2.05, 4.69) is 24.1 Å². The van der Waals surface area contributed by atoms with Gasteiger partial charge in [-0.3, -0.25) is 4.98 Å². The average Bonchev–Trinajstić information content (AvgIpc) is 2.74. The first-order valence-electron chi connectivity index (χ1n) is 4.98. The highest BCUT2D eigenvalue weighted by molar-refractivity contribution is 5.49. The van der Waals surface area contributed by atoms with Crippen LogP contribution in [0.3, 0.4) is 0 Å². The van der Waals surface area contributed by atoms with E-state index < -0.39 is 0 Å². The van der Waals surface area contributed by atoms with Crippen molar-refractivity contribution in [1.82, 2.24) is 4.98 Å². The van der Waals surface area contributed by atoms with Crippen molar-refractivity contribution in [3.8, 4) is 0 Å². The maximum absolute atomic E-state index is 5.32. The lowest BCUT2D eigenvalue weighted by Crippen LogP contribution is -2.06. The second kappa shape index (κ2) is 4.17. The normalized spacial score (nSPS) is 12.4. The first-order chi connectivity index (χ1) is 7.27. The molecular weight excluding hydrogens is 188 g/mol. The molecule has 0 aliphatic carbocycles. The summed E-state index contributed by atoms with van der Waals surface area (Å²) in [5.74, 6) is 0.929. The van der Waals surface area contributed by atoms with Gasteiger partial charge in [0.25, 0.3) is 0 Å². The van der Waals surface area contributed by atoms with Crippen LogP contribution in [0.1, 0.15) is 24.3 Å². The van der Waals surface area contributed by atoms with Crippen LogP contribution in [0.15, 0.2) is 41.3 Å². The summed E-state index contributed by atoms with van der Waals surface area (Å²) in [6.07, 6.45) is 5.30. The Hall–Kier alpha value is -1.77. The van der Waals surface area contributed by atoms with Gasteiger partial charge >= 0.3 is 0 Å². The van der Waals surface area contributed by atoms with Gasteiger partial charge in [-0.1, -0.05) is 0 Å². The van der Waals surface area contributed by atoms with Gasteiger partial charge in [0.05, 0.1) is 24.2 Å². The molecule has 0 amide bonds. The SMILES string of the molecule is Cc1ccncc1NC(C)c1ccco1. The van der Waals surface area contributed by atoms with Crippen molar-refractivity contribution in [2.45, 2.75) is 19.9 Å². The number of aryl methyl sites for hydroxylation is 1. The molecule has 0 saturated heterocycles. The van der Waals surface area contributed by atoms with Gasteiger partial charge in [-0.05, 0) is 37.6 Å². The molecule has 0 radical (unpaired) electrons. The molecule has 0 aliphatic rings. The van der Waals surface area contributed by atoms with Crippen molar-refractivity contribution < 1.29 is 4.42 Å². The monoisotopic (exact) mass is 202 g/mol. The van der Waals surface area contributed by atoms with Gasteiger partial charge in [0, 0.05) is 6.20 Å². The fourth-order valence-electron chi connectivity index (χ4n) is 1.46. The summed E-state index contributed by atoms with van der Waals surface area (Å²) >= 11 is 0. The second-order valence-electron chi connectivity index (χ2n) is 3.57. The van der Waals surface area contributed by atoms with Crippen LogP contribution in [-0.2, 0) is 0 Å². The number of aromatic nitrogens is 1. The number of rotatable bonds is 3. The predicted molar refractivity (Wildman–Crippen MR) is 59.7 cm³/mol. The largest absolute Gasteiger partial charge is 0.467 e. The van der Waals surface area contributed by atoms with Gasteiger partial charge in [-0.2, -0.15) is 0 Å². The molecule has 15 heavy (non-hydrogen) atoms. The molecule has 0 fully saturated rings. The van der Waals surface area contributed by atoms with Crippen LogP contribution in [0.4, 0.5) is 5.69 Å². The molecule has 2 heterocycles. The highest BCUT2D eigenvalue weighted by Crippen LogP contribution is 2.20. The van der Waals surface area contributed by atoms with E-state index in [9.17, 15) is 0 Å². The molecule has 2 aromatic rings. The van der Waals surface area contributed by atoms with E-state index in [0.717, 1.165) is 11.4 Å². The van der Waals surface area contributed by atoms with Crippen LogP contribution in [0.5, 0.6) is 0 Å². The summed E-state index contributed by atoms with van der Waals surface area (Å²) in [4.78, 5) is 4.09. The number of hydrogen-bond donors (Lipinski definition) is 1. The van der Waals surface area contributed by atoms with Crippen molar-refractivity contribution in [3.05, 3.63) is 48.2 Å². The Morgan fingerprint density at radius 2 is 2.27 bits per heavy atom. The van der Waals surface area contributed by atoms with E-state index in [0.29, 0.717) is 0 Å². The maximum atomic E-state index is 5.32. The number of furan rings is 1. The highest BCUT2D eigenvalue weighted by atomic mass is 16.3. The third-order valence-corrected chi connectivity index (χ3v) is 2.38. The number of nitrogens with one attached hydrogen (secondary N) is 1. The Kier molecular flexibility index (Phi) is 2.72. The van der Waals surface area contributed by atoms with Crippen molar-refractivity contribution in [1.29, 1.82) is 0 Å². The Bertz CT molecular complexity index is 423. The smallest absolute Gasteiger partial charge is 0.125 e. The second-order valence-corrected chi connectivity index (χ2v) is 3.57. The van der Waals surface area contributed by atoms with Gasteiger partial charge in [0.2, 0.25) is 0 Å². The minimum atomic E-state index is 0.155. The molecule has 3 heteroatoms. The van der Waals surface area contributed by atoms with Gasteiger partial charge in [-0.25, -0.2) is 0 Å². The van der Waals surface area contributed by atoms with Gasteiger partial charge in [0.15, 0.2) is 0 Å². The molecule has 0 bridgehead atoms. The van der Waals surface area contributed by atoms with E-state index in [1.54, 1.807) is 12.5 Å². The first kappa shape index (κ1) is 9.77. The molecule has 78 valence electrons. The lowest BCUT2D eigenvalue weighted by molar-refractivity contribution is 0.490. The lowest BCUT2D eigenvalue weighted by Gasteiger charge is -2.14. The van der Waals surface area contributed by atoms with Crippen LogP contribution in [0.2, 0.25) is 0 Å². The van der Waals surface area contributed by atoms with E-state index in [1.165, 1.54) is 5.56 Å². The standard InChI is InChI=1S/C12H14N2O/c1-9-5-6-13-8-11(9)14-10(2)12-4-3-7-15-12/h3-8,10,14H,1-2H3. The Labute approximate surface area is 89.1 Å². The summed E-state index contributed by atoms with van der Waals surface area (Å²) in [5, 5.41) is 3.36. The zero-order valence-corrected chi connectivity index (χ0v) is 8.90. The summed E-state index contributed by atoms with van der Waals surface area (Å²) in [7, 11) is 0. The van der Waals surface area contributed by atoms with Crippen LogP contribution in [0, 0.1) is 6.92 Å². The topological polar surface area (TPSA) is 38.1 Å². The fraction of sp³-hybridized carbons (Fsp3) is 0.250. The number of anilines is 1. The van der Waals surface area contributed by atoms with Gasteiger partial charge in [-0.15, -0.1) is 0 Å². The third-order valence-electron chi connectivity index (χ3n) is 2.38. The van der Waals surface area contributed by atoms with Crippen LogP contribution >= 0.6 is 0 Å². The maximum Gasteiger partial charge on any atom is 0.125 e. The summed E-state index contributed by atoms with van der Waals surface area (Å²) in [6, 6.07) is 5.99. The van der Waals surface area contributed by atoms with Crippen molar-refractivity contribution in [2.24, 2.45) is 0 Å². The zero-order valence-electron chi connectivity index (χ0n) is 8.90. The number of hydrogen-bond acceptors (Lipinski definition) is 3. The Morgan fingerprint density at radius 3 is 2.93 bits per heavy atom. The molecular formula is C12H14N2O. The first-order valence-corrected chi connectivity index (χ1v) is 4.98. The Balaban J connectivity index is 2.13. The van der Waals surface area contributed by atoms with Crippen molar-refractivity contribution in [3.63, 3.8) is 0 Å². The highest BCUT2D eigenvalue weighted by Gasteiger charge is 2.08. The van der Waals surface area contributed by atoms with Crippen molar-refractivity contribution >= 4 is 5.69 Å². The lowest BCUT2D eigenvalue weighted by atomic mass is 10.2. The minimum Gasteiger partial charge on any atom is -0.467 e. The molecule has 2 aromatic heterocycles. The fourth-order valence-corrected chi connectivity index (χ4v) is 1.46. The number of nitrogens with zero attached hydrogens (tertiary/aromatic N) is 1. The molecule has 1 atom stereocenters. The average molecular weight is 202 g/mol.